The first kappa shape index (κ1) is 18.8. The lowest BCUT2D eigenvalue weighted by Crippen LogP contribution is -2.11. The van der Waals surface area contributed by atoms with Crippen LogP contribution in [0, 0.1) is 11.6 Å². The van der Waals surface area contributed by atoms with E-state index < -0.39 is 21.7 Å². The number of nitrogens with zero attached hydrogens (tertiary/aromatic N) is 2. The molecule has 0 aliphatic heterocycles. The minimum atomic E-state index is -3.82. The molecule has 2 N–H and O–H groups in total. The van der Waals surface area contributed by atoms with Gasteiger partial charge in [0.1, 0.15) is 0 Å². The molecule has 26 heavy (non-hydrogen) atoms. The monoisotopic (exact) mass is 397 g/mol. The van der Waals surface area contributed by atoms with Crippen molar-refractivity contribution in [3.05, 3.63) is 53.6 Å². The van der Waals surface area contributed by atoms with E-state index in [4.69, 9.17) is 5.14 Å². The van der Waals surface area contributed by atoms with Crippen LogP contribution in [0.25, 0.3) is 11.0 Å². The average molecular weight is 397 g/mol. The largest absolute Gasteiger partial charge is 0.319 e. The first-order chi connectivity index (χ1) is 12.3. The third kappa shape index (κ3) is 3.74. The van der Waals surface area contributed by atoms with Crippen molar-refractivity contribution < 1.29 is 17.2 Å². The SMILES string of the molecule is CCCn1c(SCc2cccc(F)c2F)nc2cc(S(N)(=O)=O)ccc21. The van der Waals surface area contributed by atoms with Crippen LogP contribution in [0.2, 0.25) is 0 Å². The number of hydrogen-bond acceptors (Lipinski definition) is 4. The number of halogens is 2. The zero-order chi connectivity index (χ0) is 18.9. The van der Waals surface area contributed by atoms with Crippen molar-refractivity contribution in [1.29, 1.82) is 0 Å². The van der Waals surface area contributed by atoms with Gasteiger partial charge in [0.2, 0.25) is 10.0 Å². The highest BCUT2D eigenvalue weighted by Gasteiger charge is 2.16. The summed E-state index contributed by atoms with van der Waals surface area (Å²) in [6, 6.07) is 8.57. The average Bonchev–Trinajstić information content (AvgIpc) is 2.93. The smallest absolute Gasteiger partial charge is 0.238 e. The van der Waals surface area contributed by atoms with Gasteiger partial charge in [-0.15, -0.1) is 0 Å². The standard InChI is InChI=1S/C17H17F2N3O2S2/c1-2-8-22-15-7-6-12(26(20,23)24)9-14(15)21-17(22)25-10-11-4-3-5-13(18)16(11)19/h3-7,9H,2,8,10H2,1H3,(H2,20,23,24). The molecule has 0 fully saturated rings. The van der Waals surface area contributed by atoms with E-state index in [1.165, 1.54) is 36.0 Å². The molecule has 3 aromatic rings. The summed E-state index contributed by atoms with van der Waals surface area (Å²) >= 11 is 1.27. The highest BCUT2D eigenvalue weighted by molar-refractivity contribution is 7.98. The van der Waals surface area contributed by atoms with Gasteiger partial charge in [0.15, 0.2) is 16.8 Å². The van der Waals surface area contributed by atoms with Crippen molar-refractivity contribution in [2.45, 2.75) is 35.7 Å². The van der Waals surface area contributed by atoms with Crippen LogP contribution in [-0.4, -0.2) is 18.0 Å². The van der Waals surface area contributed by atoms with Gasteiger partial charge >= 0.3 is 0 Å². The summed E-state index contributed by atoms with van der Waals surface area (Å²) in [4.78, 5) is 4.45. The zero-order valence-electron chi connectivity index (χ0n) is 13.9. The fraction of sp³-hybridized carbons (Fsp3) is 0.235. The minimum Gasteiger partial charge on any atom is -0.319 e. The third-order valence-corrected chi connectivity index (χ3v) is 5.78. The molecule has 0 spiro atoms. The molecule has 1 aromatic heterocycles. The van der Waals surface area contributed by atoms with Crippen LogP contribution < -0.4 is 5.14 Å². The van der Waals surface area contributed by atoms with Gasteiger partial charge in [0.05, 0.1) is 15.9 Å². The summed E-state index contributed by atoms with van der Waals surface area (Å²) < 4.78 is 52.2. The highest BCUT2D eigenvalue weighted by Crippen LogP contribution is 2.29. The number of aromatic nitrogens is 2. The number of nitrogens with two attached hydrogens (primary N) is 1. The fourth-order valence-corrected chi connectivity index (χ4v) is 4.17. The molecular weight excluding hydrogens is 380 g/mol. The number of thioether (sulfide) groups is 1. The molecule has 0 radical (unpaired) electrons. The molecule has 0 saturated carbocycles. The number of benzene rings is 2. The van der Waals surface area contributed by atoms with Crippen molar-refractivity contribution in [1.82, 2.24) is 9.55 Å². The number of fused-ring (bicyclic) bond motifs is 1. The Hall–Kier alpha value is -1.97. The molecule has 0 aliphatic carbocycles. The maximum Gasteiger partial charge on any atom is 0.238 e. The van der Waals surface area contributed by atoms with E-state index >= 15 is 0 Å². The molecule has 138 valence electrons. The van der Waals surface area contributed by atoms with Crippen LogP contribution >= 0.6 is 11.8 Å². The summed E-state index contributed by atoms with van der Waals surface area (Å²) in [7, 11) is -3.82. The number of imidazole rings is 1. The van der Waals surface area contributed by atoms with Crippen LogP contribution in [0.4, 0.5) is 8.78 Å². The Balaban J connectivity index is 1.98. The Morgan fingerprint density at radius 2 is 2.00 bits per heavy atom. The topological polar surface area (TPSA) is 78.0 Å². The number of primary sulfonamides is 1. The van der Waals surface area contributed by atoms with Crippen molar-refractivity contribution in [2.75, 3.05) is 0 Å². The molecule has 0 unspecified atom stereocenters. The summed E-state index contributed by atoms with van der Waals surface area (Å²) in [5.74, 6) is -1.55. The molecule has 0 amide bonds. The number of aryl methyl sites for hydroxylation is 1. The van der Waals surface area contributed by atoms with E-state index in [1.807, 2.05) is 11.5 Å². The van der Waals surface area contributed by atoms with Gasteiger partial charge in [-0.25, -0.2) is 27.3 Å². The third-order valence-electron chi connectivity index (χ3n) is 3.85. The molecular formula is C17H17F2N3O2S2. The quantitative estimate of drug-likeness (QED) is 0.644. The van der Waals surface area contributed by atoms with Crippen molar-refractivity contribution >= 4 is 32.8 Å². The maximum absolute atomic E-state index is 13.8. The van der Waals surface area contributed by atoms with Crippen molar-refractivity contribution in [3.63, 3.8) is 0 Å². The Kier molecular flexibility index (Phi) is 5.31. The molecule has 0 bridgehead atoms. The van der Waals surface area contributed by atoms with Gasteiger partial charge in [-0.3, -0.25) is 0 Å². The predicted octanol–water partition coefficient (Wildman–Crippen LogP) is 3.66. The Morgan fingerprint density at radius 3 is 2.69 bits per heavy atom. The molecule has 0 saturated heterocycles. The molecule has 3 rings (SSSR count). The van der Waals surface area contributed by atoms with E-state index in [9.17, 15) is 17.2 Å². The lowest BCUT2D eigenvalue weighted by molar-refractivity contribution is 0.502. The minimum absolute atomic E-state index is 0.0149. The second-order valence-corrected chi connectivity index (χ2v) is 8.25. The summed E-state index contributed by atoms with van der Waals surface area (Å²) in [6.45, 7) is 2.67. The predicted molar refractivity (Wildman–Crippen MR) is 97.3 cm³/mol. The van der Waals surface area contributed by atoms with E-state index in [-0.39, 0.29) is 16.2 Å². The first-order valence-electron chi connectivity index (χ1n) is 7.90. The van der Waals surface area contributed by atoms with E-state index in [0.717, 1.165) is 18.0 Å². The summed E-state index contributed by atoms with van der Waals surface area (Å²) in [6.07, 6.45) is 0.838. The van der Waals surface area contributed by atoms with Gasteiger partial charge in [-0.1, -0.05) is 30.8 Å². The number of hydrogen-bond donors (Lipinski definition) is 1. The summed E-state index contributed by atoms with van der Waals surface area (Å²) in [5.41, 5.74) is 1.50. The number of rotatable bonds is 6. The van der Waals surface area contributed by atoms with Gasteiger partial charge < -0.3 is 4.57 Å². The maximum atomic E-state index is 13.8. The van der Waals surface area contributed by atoms with Crippen LogP contribution in [0.15, 0.2) is 46.5 Å². The van der Waals surface area contributed by atoms with E-state index in [2.05, 4.69) is 4.98 Å². The Bertz CT molecular complexity index is 1070. The highest BCUT2D eigenvalue weighted by atomic mass is 32.2. The normalized spacial score (nSPS) is 12.0. The lowest BCUT2D eigenvalue weighted by atomic mass is 10.2. The molecule has 5 nitrogen and oxygen atoms in total. The second kappa shape index (κ2) is 7.34. The lowest BCUT2D eigenvalue weighted by Gasteiger charge is -2.08. The zero-order valence-corrected chi connectivity index (χ0v) is 15.6. The Morgan fingerprint density at radius 1 is 1.23 bits per heavy atom. The van der Waals surface area contributed by atoms with Gasteiger partial charge in [-0.2, -0.15) is 0 Å². The molecule has 0 aliphatic rings. The number of sulfonamides is 1. The summed E-state index contributed by atoms with van der Waals surface area (Å²) in [5, 5.41) is 5.78. The van der Waals surface area contributed by atoms with E-state index in [0.29, 0.717) is 17.2 Å². The molecule has 9 heteroatoms. The van der Waals surface area contributed by atoms with Crippen LogP contribution in [0.3, 0.4) is 0 Å². The van der Waals surface area contributed by atoms with Crippen LogP contribution in [-0.2, 0) is 22.3 Å². The Labute approximate surface area is 154 Å². The molecule has 1 heterocycles. The van der Waals surface area contributed by atoms with E-state index in [1.54, 1.807) is 6.07 Å². The van der Waals surface area contributed by atoms with Gasteiger partial charge in [0, 0.05) is 17.9 Å². The van der Waals surface area contributed by atoms with Crippen molar-refractivity contribution in [2.24, 2.45) is 5.14 Å². The molecule has 2 aromatic carbocycles. The first-order valence-corrected chi connectivity index (χ1v) is 10.4. The van der Waals surface area contributed by atoms with Crippen molar-refractivity contribution in [3.8, 4) is 0 Å². The van der Waals surface area contributed by atoms with Gasteiger partial charge in [-0.05, 0) is 30.7 Å². The second-order valence-electron chi connectivity index (χ2n) is 5.74. The van der Waals surface area contributed by atoms with Crippen LogP contribution in [0.1, 0.15) is 18.9 Å². The van der Waals surface area contributed by atoms with Crippen LogP contribution in [0.5, 0.6) is 0 Å². The fourth-order valence-electron chi connectivity index (χ4n) is 2.62. The van der Waals surface area contributed by atoms with Gasteiger partial charge in [0.25, 0.3) is 0 Å². The molecule has 0 atom stereocenters.